The zero-order chi connectivity index (χ0) is 28.4. The summed E-state index contributed by atoms with van der Waals surface area (Å²) in [6, 6.07) is 21.0. The SMILES string of the molecule is COCC(=O)Nc1cc(N2C(=S)N[C@@H](c3ccccn3)[C@H]2c2cc(C)n(-c3ccc(Cl)cc3)c2C)ccc1OC. The first-order valence-corrected chi connectivity index (χ1v) is 13.5. The highest BCUT2D eigenvalue weighted by molar-refractivity contribution is 7.80. The minimum atomic E-state index is -0.283. The number of nitrogens with zero attached hydrogens (tertiary/aromatic N) is 3. The molecule has 2 aromatic heterocycles. The van der Waals surface area contributed by atoms with Crippen LogP contribution in [-0.2, 0) is 9.53 Å². The van der Waals surface area contributed by atoms with Gasteiger partial charge in [0.25, 0.3) is 0 Å². The molecule has 0 saturated carbocycles. The fraction of sp³-hybridized carbons (Fsp3) is 0.233. The molecule has 1 aliphatic heterocycles. The van der Waals surface area contributed by atoms with E-state index in [1.54, 1.807) is 13.3 Å². The number of hydrogen-bond acceptors (Lipinski definition) is 5. The molecule has 8 nitrogen and oxygen atoms in total. The maximum Gasteiger partial charge on any atom is 0.250 e. The molecule has 40 heavy (non-hydrogen) atoms. The molecule has 1 aliphatic rings. The molecule has 0 spiro atoms. The smallest absolute Gasteiger partial charge is 0.250 e. The van der Waals surface area contributed by atoms with Gasteiger partial charge in [0.05, 0.1) is 30.6 Å². The molecule has 0 bridgehead atoms. The number of carbonyl (C=O) groups excluding carboxylic acids is 1. The lowest BCUT2D eigenvalue weighted by Crippen LogP contribution is -2.29. The number of rotatable bonds is 8. The lowest BCUT2D eigenvalue weighted by atomic mass is 9.96. The summed E-state index contributed by atoms with van der Waals surface area (Å²) < 4.78 is 12.7. The molecular formula is C30H30ClN5O3S. The molecule has 3 heterocycles. The minimum Gasteiger partial charge on any atom is -0.495 e. The number of carbonyl (C=O) groups is 1. The van der Waals surface area contributed by atoms with E-state index in [1.165, 1.54) is 7.11 Å². The van der Waals surface area contributed by atoms with Crippen molar-refractivity contribution in [3.8, 4) is 11.4 Å². The Labute approximate surface area is 243 Å². The van der Waals surface area contributed by atoms with E-state index in [-0.39, 0.29) is 24.6 Å². The monoisotopic (exact) mass is 575 g/mol. The molecular weight excluding hydrogens is 546 g/mol. The van der Waals surface area contributed by atoms with Gasteiger partial charge in [-0.2, -0.15) is 0 Å². The minimum absolute atomic E-state index is 0.0713. The van der Waals surface area contributed by atoms with Crippen LogP contribution >= 0.6 is 23.8 Å². The van der Waals surface area contributed by atoms with Gasteiger partial charge < -0.3 is 29.6 Å². The van der Waals surface area contributed by atoms with E-state index in [4.69, 9.17) is 33.3 Å². The summed E-state index contributed by atoms with van der Waals surface area (Å²) in [7, 11) is 3.04. The van der Waals surface area contributed by atoms with Crippen molar-refractivity contribution in [2.45, 2.75) is 25.9 Å². The number of thiocarbonyl (C=S) groups is 1. The van der Waals surface area contributed by atoms with Gasteiger partial charge in [-0.25, -0.2) is 0 Å². The van der Waals surface area contributed by atoms with Crippen molar-refractivity contribution < 1.29 is 14.3 Å². The molecule has 5 rings (SSSR count). The summed E-state index contributed by atoms with van der Waals surface area (Å²) in [5.74, 6) is 0.250. The Hall–Kier alpha value is -3.92. The molecule has 2 N–H and O–H groups in total. The quantitative estimate of drug-likeness (QED) is 0.253. The van der Waals surface area contributed by atoms with Crippen molar-refractivity contribution in [1.82, 2.24) is 14.9 Å². The number of aryl methyl sites for hydroxylation is 1. The van der Waals surface area contributed by atoms with Crippen LogP contribution in [0.5, 0.6) is 5.75 Å². The first kappa shape index (κ1) is 27.6. The normalized spacial score (nSPS) is 16.6. The highest BCUT2D eigenvalue weighted by Gasteiger charge is 2.42. The Morgan fingerprint density at radius 2 is 1.82 bits per heavy atom. The molecule has 2 atom stereocenters. The Balaban J connectivity index is 1.64. The van der Waals surface area contributed by atoms with E-state index in [0.717, 1.165) is 34.0 Å². The highest BCUT2D eigenvalue weighted by atomic mass is 35.5. The third-order valence-electron chi connectivity index (χ3n) is 6.98. The first-order valence-electron chi connectivity index (χ1n) is 12.7. The summed E-state index contributed by atoms with van der Waals surface area (Å²) in [5.41, 5.74) is 6.46. The van der Waals surface area contributed by atoms with Gasteiger partial charge in [-0.05, 0) is 92.3 Å². The lowest BCUT2D eigenvalue weighted by Gasteiger charge is -2.29. The molecule has 0 aliphatic carbocycles. The number of hydrogen-bond donors (Lipinski definition) is 2. The van der Waals surface area contributed by atoms with Gasteiger partial charge in [-0.15, -0.1) is 0 Å². The van der Waals surface area contributed by atoms with Gasteiger partial charge in [0.1, 0.15) is 12.4 Å². The first-order chi connectivity index (χ1) is 19.3. The number of anilines is 2. The van der Waals surface area contributed by atoms with Gasteiger partial charge in [0.2, 0.25) is 5.91 Å². The average molecular weight is 576 g/mol. The van der Waals surface area contributed by atoms with E-state index >= 15 is 0 Å². The van der Waals surface area contributed by atoms with Crippen LogP contribution < -0.4 is 20.3 Å². The summed E-state index contributed by atoms with van der Waals surface area (Å²) in [4.78, 5) is 19.1. The number of halogens is 1. The number of pyridine rings is 1. The van der Waals surface area contributed by atoms with Crippen molar-refractivity contribution in [3.05, 3.63) is 101 Å². The molecule has 10 heteroatoms. The molecule has 1 amide bonds. The molecule has 4 aromatic rings. The van der Waals surface area contributed by atoms with Crippen molar-refractivity contribution in [1.29, 1.82) is 0 Å². The van der Waals surface area contributed by atoms with E-state index in [2.05, 4.69) is 45.0 Å². The average Bonchev–Trinajstić information content (AvgIpc) is 3.44. The number of methoxy groups -OCH3 is 2. The van der Waals surface area contributed by atoms with Crippen molar-refractivity contribution in [2.24, 2.45) is 0 Å². The summed E-state index contributed by atoms with van der Waals surface area (Å²) in [6.45, 7) is 4.12. The topological polar surface area (TPSA) is 80.7 Å². The van der Waals surface area contributed by atoms with Crippen LogP contribution in [0.15, 0.2) is 72.9 Å². The number of ether oxygens (including phenoxy) is 2. The maximum absolute atomic E-state index is 12.4. The van der Waals surface area contributed by atoms with Crippen LogP contribution in [0.3, 0.4) is 0 Å². The Kier molecular flexibility index (Phi) is 8.07. The van der Waals surface area contributed by atoms with Crippen LogP contribution in [0.2, 0.25) is 5.02 Å². The second kappa shape index (κ2) is 11.7. The Morgan fingerprint density at radius 3 is 2.50 bits per heavy atom. The van der Waals surface area contributed by atoms with E-state index < -0.39 is 0 Å². The largest absolute Gasteiger partial charge is 0.495 e. The maximum atomic E-state index is 12.4. The summed E-state index contributed by atoms with van der Waals surface area (Å²) in [6.07, 6.45) is 1.79. The number of amides is 1. The predicted octanol–water partition coefficient (Wildman–Crippen LogP) is 5.91. The zero-order valence-corrected chi connectivity index (χ0v) is 24.2. The number of aromatic nitrogens is 2. The van der Waals surface area contributed by atoms with E-state index in [0.29, 0.717) is 21.6 Å². The van der Waals surface area contributed by atoms with Gasteiger partial charge in [0, 0.05) is 41.1 Å². The van der Waals surface area contributed by atoms with E-state index in [1.807, 2.05) is 60.7 Å². The van der Waals surface area contributed by atoms with Gasteiger partial charge in [0.15, 0.2) is 5.11 Å². The van der Waals surface area contributed by atoms with Crippen molar-refractivity contribution in [3.63, 3.8) is 0 Å². The van der Waals surface area contributed by atoms with Crippen LogP contribution in [0.1, 0.15) is 34.7 Å². The third-order valence-corrected chi connectivity index (χ3v) is 7.55. The lowest BCUT2D eigenvalue weighted by molar-refractivity contribution is -0.119. The summed E-state index contributed by atoms with van der Waals surface area (Å²) in [5, 5.41) is 7.63. The van der Waals surface area contributed by atoms with Gasteiger partial charge in [-0.1, -0.05) is 17.7 Å². The zero-order valence-electron chi connectivity index (χ0n) is 22.6. The van der Waals surface area contributed by atoms with Crippen molar-refractivity contribution >= 4 is 46.2 Å². The van der Waals surface area contributed by atoms with Crippen LogP contribution in [-0.4, -0.2) is 41.4 Å². The second-order valence-electron chi connectivity index (χ2n) is 9.50. The van der Waals surface area contributed by atoms with Crippen LogP contribution in [0.25, 0.3) is 5.69 Å². The fourth-order valence-electron chi connectivity index (χ4n) is 5.28. The summed E-state index contributed by atoms with van der Waals surface area (Å²) >= 11 is 12.1. The van der Waals surface area contributed by atoms with Gasteiger partial charge >= 0.3 is 0 Å². The van der Waals surface area contributed by atoms with E-state index in [9.17, 15) is 4.79 Å². The molecule has 0 unspecified atom stereocenters. The van der Waals surface area contributed by atoms with Gasteiger partial charge in [-0.3, -0.25) is 9.78 Å². The standard InChI is InChI=1S/C30H30ClN5O3S/c1-18-15-23(19(2)35(18)21-10-8-20(31)9-11-21)29-28(24-7-5-6-14-32-24)34-30(40)36(29)22-12-13-26(39-4)25(16-22)33-27(37)17-38-3/h5-16,28-29H,17H2,1-4H3,(H,33,37)(H,34,40)/t28-,29+/m0/s1. The van der Waals surface area contributed by atoms with Crippen LogP contribution in [0, 0.1) is 13.8 Å². The Bertz CT molecular complexity index is 1540. The van der Waals surface area contributed by atoms with Crippen LogP contribution in [0.4, 0.5) is 11.4 Å². The Morgan fingerprint density at radius 1 is 1.07 bits per heavy atom. The molecule has 2 aromatic carbocycles. The third kappa shape index (κ3) is 5.28. The second-order valence-corrected chi connectivity index (χ2v) is 10.3. The molecule has 1 fully saturated rings. The molecule has 206 valence electrons. The predicted molar refractivity (Wildman–Crippen MR) is 162 cm³/mol. The molecule has 0 radical (unpaired) electrons. The highest BCUT2D eigenvalue weighted by Crippen LogP contribution is 2.45. The van der Waals surface area contributed by atoms with Crippen molar-refractivity contribution in [2.75, 3.05) is 31.0 Å². The fourth-order valence-corrected chi connectivity index (χ4v) is 5.76. The number of nitrogens with one attached hydrogen (secondary N) is 2. The number of benzene rings is 2. The molecule has 1 saturated heterocycles.